The molecule has 2 aromatic carbocycles. The van der Waals surface area contributed by atoms with E-state index < -0.39 is 0 Å². The Morgan fingerprint density at radius 3 is 2.76 bits per heavy atom. The van der Waals surface area contributed by atoms with Gasteiger partial charge in [0.2, 0.25) is 5.91 Å². The molecule has 0 saturated heterocycles. The molecular weight excluding hydrogens is 454 g/mol. The molecular formula is C24H25N5O2S2. The summed E-state index contributed by atoms with van der Waals surface area (Å²) in [4.78, 5) is 31.8. The first-order chi connectivity index (χ1) is 16.0. The van der Waals surface area contributed by atoms with Crippen molar-refractivity contribution in [3.05, 3.63) is 65.7 Å². The minimum atomic E-state index is -0.321. The molecule has 0 atom stereocenters. The Kier molecular flexibility index (Phi) is 7.00. The molecule has 0 bridgehead atoms. The van der Waals surface area contributed by atoms with Crippen molar-refractivity contribution in [3.8, 4) is 11.3 Å². The van der Waals surface area contributed by atoms with Gasteiger partial charge in [-0.15, -0.1) is 11.3 Å². The quantitative estimate of drug-likeness (QED) is 0.382. The smallest absolute Gasteiger partial charge is 0.253 e. The van der Waals surface area contributed by atoms with E-state index >= 15 is 0 Å². The number of anilines is 2. The van der Waals surface area contributed by atoms with Crippen molar-refractivity contribution in [2.75, 3.05) is 36.6 Å². The molecule has 4 rings (SSSR count). The van der Waals surface area contributed by atoms with E-state index in [2.05, 4.69) is 22.5 Å². The van der Waals surface area contributed by atoms with E-state index in [-0.39, 0.29) is 18.4 Å². The average molecular weight is 480 g/mol. The molecule has 0 aliphatic rings. The van der Waals surface area contributed by atoms with Crippen LogP contribution in [0.4, 0.5) is 10.8 Å². The third kappa shape index (κ3) is 5.20. The molecule has 7 nitrogen and oxygen atoms in total. The van der Waals surface area contributed by atoms with Crippen molar-refractivity contribution in [1.82, 2.24) is 14.3 Å². The van der Waals surface area contributed by atoms with E-state index in [9.17, 15) is 9.59 Å². The summed E-state index contributed by atoms with van der Waals surface area (Å²) in [7, 11) is 3.97. The molecule has 0 fully saturated rings. The number of aromatic nitrogens is 2. The van der Waals surface area contributed by atoms with Gasteiger partial charge in [0, 0.05) is 48.1 Å². The van der Waals surface area contributed by atoms with E-state index in [0.29, 0.717) is 10.7 Å². The third-order valence-corrected chi connectivity index (χ3v) is 6.61. The van der Waals surface area contributed by atoms with Crippen LogP contribution in [0.2, 0.25) is 0 Å². The van der Waals surface area contributed by atoms with Crippen molar-refractivity contribution in [2.24, 2.45) is 0 Å². The van der Waals surface area contributed by atoms with Crippen LogP contribution in [0.3, 0.4) is 0 Å². The fourth-order valence-corrected chi connectivity index (χ4v) is 4.90. The summed E-state index contributed by atoms with van der Waals surface area (Å²) in [5, 5.41) is 8.76. The fraction of sp³-hybridized carbons (Fsp3) is 0.208. The van der Waals surface area contributed by atoms with Crippen LogP contribution in [0.5, 0.6) is 0 Å². The highest BCUT2D eigenvalue weighted by molar-refractivity contribution is 7.97. The second-order valence-electron chi connectivity index (χ2n) is 7.52. The van der Waals surface area contributed by atoms with Gasteiger partial charge >= 0.3 is 0 Å². The number of thiazole rings is 1. The number of rotatable bonds is 8. The number of fused-ring (bicyclic) bond motifs is 1. The van der Waals surface area contributed by atoms with Gasteiger partial charge in [-0.25, -0.2) is 4.98 Å². The number of para-hydroxylation sites is 1. The normalized spacial score (nSPS) is 10.9. The predicted molar refractivity (Wildman–Crippen MR) is 138 cm³/mol. The van der Waals surface area contributed by atoms with Crippen LogP contribution < -0.4 is 15.5 Å². The monoisotopic (exact) mass is 479 g/mol. The minimum absolute atomic E-state index is 0.135. The summed E-state index contributed by atoms with van der Waals surface area (Å²) in [5.74, 6) is 0.285. The van der Waals surface area contributed by atoms with Crippen molar-refractivity contribution < 1.29 is 9.59 Å². The molecule has 33 heavy (non-hydrogen) atoms. The standard InChI is InChI=1S/C24H25N5O2S2/c1-4-33-29-14-19(18-10-5-6-11-21(18)29)23(31)25-13-22(30)27-24-26-20(15-32-24)16-8-7-9-17(12-16)28(2)3/h5-12,14-15H,4,13H2,1-3H3,(H,25,31)(H,26,27,30). The lowest BCUT2D eigenvalue weighted by Gasteiger charge is -2.12. The Morgan fingerprint density at radius 2 is 1.97 bits per heavy atom. The lowest BCUT2D eigenvalue weighted by Crippen LogP contribution is -2.32. The molecule has 0 saturated carbocycles. The van der Waals surface area contributed by atoms with Crippen LogP contribution in [-0.4, -0.2) is 47.2 Å². The molecule has 0 radical (unpaired) electrons. The number of carbonyl (C=O) groups is 2. The van der Waals surface area contributed by atoms with Gasteiger partial charge < -0.3 is 15.5 Å². The lowest BCUT2D eigenvalue weighted by atomic mass is 10.1. The third-order valence-electron chi connectivity index (χ3n) is 5.01. The molecule has 0 spiro atoms. The van der Waals surface area contributed by atoms with Gasteiger partial charge in [-0.3, -0.25) is 13.6 Å². The zero-order valence-electron chi connectivity index (χ0n) is 18.7. The SMILES string of the molecule is CCSn1cc(C(=O)NCC(=O)Nc2nc(-c3cccc(N(C)C)c3)cs2)c2ccccc21. The van der Waals surface area contributed by atoms with Gasteiger partial charge in [-0.1, -0.05) is 37.3 Å². The Labute approximate surface area is 201 Å². The second-order valence-corrected chi connectivity index (χ2v) is 9.60. The van der Waals surface area contributed by atoms with Crippen LogP contribution in [0.1, 0.15) is 17.3 Å². The van der Waals surface area contributed by atoms with Crippen LogP contribution >= 0.6 is 23.3 Å². The van der Waals surface area contributed by atoms with Gasteiger partial charge in [-0.2, -0.15) is 0 Å². The molecule has 2 amide bonds. The van der Waals surface area contributed by atoms with Crippen molar-refractivity contribution in [1.29, 1.82) is 0 Å². The summed E-state index contributed by atoms with van der Waals surface area (Å²) in [6.07, 6.45) is 1.82. The molecule has 2 N–H and O–H groups in total. The van der Waals surface area contributed by atoms with Gasteiger partial charge in [-0.05, 0) is 30.1 Å². The van der Waals surface area contributed by atoms with E-state index in [4.69, 9.17) is 0 Å². The maximum absolute atomic E-state index is 12.8. The number of carbonyl (C=O) groups excluding carboxylic acids is 2. The molecule has 0 unspecified atom stereocenters. The maximum atomic E-state index is 12.8. The average Bonchev–Trinajstić information content (AvgIpc) is 3.43. The summed E-state index contributed by atoms with van der Waals surface area (Å²) >= 11 is 2.97. The van der Waals surface area contributed by atoms with Crippen LogP contribution in [-0.2, 0) is 4.79 Å². The number of amides is 2. The van der Waals surface area contributed by atoms with Crippen molar-refractivity contribution in [2.45, 2.75) is 6.92 Å². The first-order valence-electron chi connectivity index (χ1n) is 10.5. The number of hydrogen-bond donors (Lipinski definition) is 2. The topological polar surface area (TPSA) is 79.3 Å². The molecule has 0 aliphatic heterocycles. The largest absolute Gasteiger partial charge is 0.378 e. The number of benzene rings is 2. The molecule has 2 heterocycles. The van der Waals surface area contributed by atoms with Gasteiger partial charge in [0.25, 0.3) is 5.91 Å². The van der Waals surface area contributed by atoms with E-state index in [0.717, 1.165) is 33.6 Å². The van der Waals surface area contributed by atoms with E-state index in [1.165, 1.54) is 11.3 Å². The summed E-state index contributed by atoms with van der Waals surface area (Å²) in [6, 6.07) is 15.8. The zero-order valence-corrected chi connectivity index (χ0v) is 20.3. The minimum Gasteiger partial charge on any atom is -0.378 e. The van der Waals surface area contributed by atoms with Gasteiger partial charge in [0.05, 0.1) is 23.3 Å². The maximum Gasteiger partial charge on any atom is 0.253 e. The van der Waals surface area contributed by atoms with Crippen LogP contribution in [0.15, 0.2) is 60.1 Å². The van der Waals surface area contributed by atoms with E-state index in [1.54, 1.807) is 11.9 Å². The van der Waals surface area contributed by atoms with E-state index in [1.807, 2.05) is 83.1 Å². The predicted octanol–water partition coefficient (Wildman–Crippen LogP) is 4.72. The van der Waals surface area contributed by atoms with Gasteiger partial charge in [0.1, 0.15) is 0 Å². The summed E-state index contributed by atoms with van der Waals surface area (Å²) in [6.45, 7) is 1.93. The van der Waals surface area contributed by atoms with Crippen LogP contribution in [0, 0.1) is 0 Å². The number of nitrogens with one attached hydrogen (secondary N) is 2. The molecule has 4 aromatic rings. The summed E-state index contributed by atoms with van der Waals surface area (Å²) < 4.78 is 1.99. The molecule has 2 aromatic heterocycles. The molecule has 0 aliphatic carbocycles. The Bertz CT molecular complexity index is 1300. The highest BCUT2D eigenvalue weighted by Crippen LogP contribution is 2.28. The van der Waals surface area contributed by atoms with Crippen molar-refractivity contribution >= 4 is 56.8 Å². The summed E-state index contributed by atoms with van der Waals surface area (Å²) in [5.41, 5.74) is 4.38. The highest BCUT2D eigenvalue weighted by atomic mass is 32.2. The number of nitrogens with zero attached hydrogens (tertiary/aromatic N) is 3. The zero-order chi connectivity index (χ0) is 23.4. The Hall–Kier alpha value is -3.30. The first kappa shape index (κ1) is 22.9. The second kappa shape index (κ2) is 10.1. The molecule has 9 heteroatoms. The van der Waals surface area contributed by atoms with Crippen LogP contribution in [0.25, 0.3) is 22.2 Å². The Balaban J connectivity index is 1.39. The highest BCUT2D eigenvalue weighted by Gasteiger charge is 2.16. The fourth-order valence-electron chi connectivity index (χ4n) is 3.40. The number of hydrogen-bond acceptors (Lipinski definition) is 6. The van der Waals surface area contributed by atoms with Crippen molar-refractivity contribution in [3.63, 3.8) is 0 Å². The van der Waals surface area contributed by atoms with Gasteiger partial charge in [0.15, 0.2) is 5.13 Å². The molecule has 170 valence electrons. The Morgan fingerprint density at radius 1 is 1.15 bits per heavy atom. The lowest BCUT2D eigenvalue weighted by molar-refractivity contribution is -0.115. The first-order valence-corrected chi connectivity index (χ1v) is 12.3.